The molecule has 0 aromatic heterocycles. The van der Waals surface area contributed by atoms with Crippen LogP contribution in [0.3, 0.4) is 0 Å². The predicted octanol–water partition coefficient (Wildman–Crippen LogP) is 6.45. The third-order valence-electron chi connectivity index (χ3n) is 8.63. The van der Waals surface area contributed by atoms with E-state index in [1.807, 2.05) is 39.0 Å². The minimum Gasteiger partial charge on any atom is -0.491 e. The molecular formula is C34H48N2O7Si. The maximum atomic E-state index is 14.0. The molecule has 2 aromatic rings. The van der Waals surface area contributed by atoms with Gasteiger partial charge in [-0.1, -0.05) is 45.0 Å². The molecule has 240 valence electrons. The van der Waals surface area contributed by atoms with Crippen molar-refractivity contribution in [3.05, 3.63) is 64.7 Å². The molecule has 0 saturated carbocycles. The fourth-order valence-electron chi connectivity index (χ4n) is 5.28. The number of fused-ring (bicyclic) bond motifs is 2. The standard InChI is InChI=1S/C34H48N2O7Si/c1-10-40-31(38)24-15-16-26-28(20-24)41-18-17-35(30(26)37)22-29(43-44(8,9)34(5,6)7)27-19-23-13-11-12-14-25(23)21-36(27)32(39)42-33(2,3)4/h11-16,20,27,29H,10,17-19,21-22H2,1-9H3/t27-,29+/m0/s1. The Morgan fingerprint density at radius 1 is 1.05 bits per heavy atom. The van der Waals surface area contributed by atoms with E-state index in [9.17, 15) is 14.4 Å². The van der Waals surface area contributed by atoms with Gasteiger partial charge in [0.25, 0.3) is 5.91 Å². The minimum atomic E-state index is -2.37. The Balaban J connectivity index is 1.72. The van der Waals surface area contributed by atoms with E-state index in [0.717, 1.165) is 11.1 Å². The van der Waals surface area contributed by atoms with Gasteiger partial charge >= 0.3 is 12.1 Å². The summed E-state index contributed by atoms with van der Waals surface area (Å²) in [6, 6.07) is 12.6. The Bertz CT molecular complexity index is 1380. The molecule has 10 heteroatoms. The molecule has 2 aromatic carbocycles. The first-order valence-corrected chi connectivity index (χ1v) is 18.4. The van der Waals surface area contributed by atoms with E-state index < -0.39 is 32.1 Å². The molecule has 0 aliphatic carbocycles. The summed E-state index contributed by atoms with van der Waals surface area (Å²) in [4.78, 5) is 43.6. The molecule has 2 amide bonds. The molecule has 2 aliphatic heterocycles. The molecule has 0 spiro atoms. The highest BCUT2D eigenvalue weighted by Gasteiger charge is 2.45. The van der Waals surface area contributed by atoms with Crippen LogP contribution in [0.5, 0.6) is 5.75 Å². The van der Waals surface area contributed by atoms with Gasteiger partial charge < -0.3 is 23.5 Å². The van der Waals surface area contributed by atoms with Crippen molar-refractivity contribution in [3.63, 3.8) is 0 Å². The van der Waals surface area contributed by atoms with E-state index in [4.69, 9.17) is 18.6 Å². The van der Waals surface area contributed by atoms with Crippen LogP contribution >= 0.6 is 0 Å². The van der Waals surface area contributed by atoms with Gasteiger partial charge in [0.05, 0.1) is 36.4 Å². The van der Waals surface area contributed by atoms with E-state index in [0.29, 0.717) is 36.4 Å². The monoisotopic (exact) mass is 624 g/mol. The number of hydrogen-bond acceptors (Lipinski definition) is 7. The lowest BCUT2D eigenvalue weighted by atomic mass is 9.91. The van der Waals surface area contributed by atoms with Gasteiger partial charge in [0.1, 0.15) is 18.0 Å². The summed E-state index contributed by atoms with van der Waals surface area (Å²) in [5, 5.41) is -0.101. The third kappa shape index (κ3) is 7.64. The van der Waals surface area contributed by atoms with E-state index in [1.54, 1.807) is 34.9 Å². The molecular weight excluding hydrogens is 576 g/mol. The van der Waals surface area contributed by atoms with Crippen LogP contribution in [0.1, 0.15) is 80.3 Å². The van der Waals surface area contributed by atoms with Gasteiger partial charge in [-0.2, -0.15) is 0 Å². The highest BCUT2D eigenvalue weighted by molar-refractivity contribution is 6.74. The highest BCUT2D eigenvalue weighted by atomic mass is 28.4. The number of rotatable bonds is 7. The number of carbonyl (C=O) groups excluding carboxylic acids is 3. The fourth-order valence-corrected chi connectivity index (χ4v) is 6.62. The molecule has 0 fully saturated rings. The van der Waals surface area contributed by atoms with Crippen LogP contribution in [-0.4, -0.2) is 80.1 Å². The maximum absolute atomic E-state index is 14.0. The average Bonchev–Trinajstić information content (AvgIpc) is 3.08. The summed E-state index contributed by atoms with van der Waals surface area (Å²) in [6.45, 7) is 19.7. The van der Waals surface area contributed by atoms with Crippen molar-refractivity contribution in [3.8, 4) is 5.75 Å². The van der Waals surface area contributed by atoms with Gasteiger partial charge in [0.15, 0.2) is 8.32 Å². The lowest BCUT2D eigenvalue weighted by Crippen LogP contribution is -2.59. The fraction of sp³-hybridized carbons (Fsp3) is 0.559. The molecule has 2 heterocycles. The molecule has 0 N–H and O–H groups in total. The number of ether oxygens (including phenoxy) is 3. The lowest BCUT2D eigenvalue weighted by Gasteiger charge is -2.47. The van der Waals surface area contributed by atoms with Gasteiger partial charge in [-0.05, 0) is 81.6 Å². The third-order valence-corrected chi connectivity index (χ3v) is 13.1. The Labute approximate surface area is 262 Å². The smallest absolute Gasteiger partial charge is 0.410 e. The average molecular weight is 625 g/mol. The van der Waals surface area contributed by atoms with Gasteiger partial charge in [0, 0.05) is 13.1 Å². The summed E-state index contributed by atoms with van der Waals surface area (Å²) < 4.78 is 24.1. The van der Waals surface area contributed by atoms with Crippen molar-refractivity contribution in [2.75, 3.05) is 26.3 Å². The largest absolute Gasteiger partial charge is 0.491 e. The summed E-state index contributed by atoms with van der Waals surface area (Å²) >= 11 is 0. The highest BCUT2D eigenvalue weighted by Crippen LogP contribution is 2.39. The van der Waals surface area contributed by atoms with Crippen molar-refractivity contribution >= 4 is 26.3 Å². The van der Waals surface area contributed by atoms with Crippen LogP contribution in [0.2, 0.25) is 18.1 Å². The number of nitrogens with zero attached hydrogens (tertiary/aromatic N) is 2. The summed E-state index contributed by atoms with van der Waals surface area (Å²) in [5.74, 6) is -0.321. The molecule has 0 radical (unpaired) electrons. The molecule has 2 atom stereocenters. The number of benzene rings is 2. The maximum Gasteiger partial charge on any atom is 0.410 e. The molecule has 44 heavy (non-hydrogen) atoms. The zero-order chi connectivity index (χ0) is 32.4. The number of esters is 1. The molecule has 0 saturated heterocycles. The zero-order valence-corrected chi connectivity index (χ0v) is 28.7. The summed E-state index contributed by atoms with van der Waals surface area (Å²) in [7, 11) is -2.37. The lowest BCUT2D eigenvalue weighted by molar-refractivity contribution is -0.0150. The van der Waals surface area contributed by atoms with Crippen molar-refractivity contribution in [2.24, 2.45) is 0 Å². The topological polar surface area (TPSA) is 94.6 Å². The quantitative estimate of drug-likeness (QED) is 0.258. The Hall–Kier alpha value is -3.37. The first-order valence-electron chi connectivity index (χ1n) is 15.5. The van der Waals surface area contributed by atoms with E-state index in [2.05, 4.69) is 39.9 Å². The van der Waals surface area contributed by atoms with Crippen molar-refractivity contribution in [2.45, 2.75) is 97.3 Å². The van der Waals surface area contributed by atoms with Crippen LogP contribution in [0, 0.1) is 0 Å². The SMILES string of the molecule is CCOC(=O)c1ccc2c(c1)OCCN(C[C@@H](O[Si](C)(C)C(C)(C)C)[C@@H]1Cc3ccccc3CN1C(=O)OC(C)(C)C)C2=O. The molecule has 9 nitrogen and oxygen atoms in total. The molecule has 4 rings (SSSR count). The first-order chi connectivity index (χ1) is 20.5. The summed E-state index contributed by atoms with van der Waals surface area (Å²) in [6.07, 6.45) is -0.309. The van der Waals surface area contributed by atoms with Crippen LogP contribution in [0.25, 0.3) is 0 Å². The van der Waals surface area contributed by atoms with Gasteiger partial charge in [-0.25, -0.2) is 9.59 Å². The summed E-state index contributed by atoms with van der Waals surface area (Å²) in [5.41, 5.74) is 2.27. The Morgan fingerprint density at radius 2 is 1.73 bits per heavy atom. The number of hydrogen-bond donors (Lipinski definition) is 0. The van der Waals surface area contributed by atoms with E-state index in [1.165, 1.54) is 0 Å². The molecule has 0 unspecified atom stereocenters. The van der Waals surface area contributed by atoms with Crippen molar-refractivity contribution in [1.82, 2.24) is 9.80 Å². The Kier molecular flexibility index (Phi) is 9.85. The predicted molar refractivity (Wildman–Crippen MR) is 172 cm³/mol. The second kappa shape index (κ2) is 12.9. The minimum absolute atomic E-state index is 0.101. The van der Waals surface area contributed by atoms with Gasteiger partial charge in [-0.15, -0.1) is 0 Å². The van der Waals surface area contributed by atoms with Crippen molar-refractivity contribution in [1.29, 1.82) is 0 Å². The van der Waals surface area contributed by atoms with E-state index in [-0.39, 0.29) is 36.7 Å². The van der Waals surface area contributed by atoms with Crippen LogP contribution in [0.15, 0.2) is 42.5 Å². The number of carbonyl (C=O) groups is 3. The van der Waals surface area contributed by atoms with Crippen LogP contribution in [0.4, 0.5) is 4.79 Å². The van der Waals surface area contributed by atoms with Crippen LogP contribution in [-0.2, 0) is 26.9 Å². The zero-order valence-electron chi connectivity index (χ0n) is 27.7. The molecule has 2 aliphatic rings. The number of amides is 2. The van der Waals surface area contributed by atoms with Gasteiger partial charge in [0.2, 0.25) is 0 Å². The second-order valence-electron chi connectivity index (χ2n) is 14.1. The normalized spacial score (nSPS) is 18.0. The van der Waals surface area contributed by atoms with Crippen molar-refractivity contribution < 1.29 is 33.0 Å². The second-order valence-corrected chi connectivity index (χ2v) is 18.9. The van der Waals surface area contributed by atoms with Gasteiger partial charge in [-0.3, -0.25) is 9.69 Å². The van der Waals surface area contributed by atoms with E-state index >= 15 is 0 Å². The van der Waals surface area contributed by atoms with Crippen LogP contribution < -0.4 is 4.74 Å². The Morgan fingerprint density at radius 3 is 2.36 bits per heavy atom. The molecule has 0 bridgehead atoms. The first kappa shape index (κ1) is 33.5.